The van der Waals surface area contributed by atoms with Crippen LogP contribution in [0.3, 0.4) is 0 Å². The van der Waals surface area contributed by atoms with Gasteiger partial charge in [0.05, 0.1) is 29.5 Å². The number of halogens is 1. The first-order chi connectivity index (χ1) is 15.0. The second-order valence-corrected chi connectivity index (χ2v) is 8.51. The summed E-state index contributed by atoms with van der Waals surface area (Å²) < 4.78 is 13.0. The lowest BCUT2D eigenvalue weighted by atomic mass is 10.0. The van der Waals surface area contributed by atoms with E-state index < -0.39 is 0 Å². The molecule has 6 nitrogen and oxygen atoms in total. The van der Waals surface area contributed by atoms with Gasteiger partial charge < -0.3 is 14.8 Å². The topological polar surface area (TPSA) is 65.4 Å². The molecule has 1 N–H and O–H groups in total. The Balaban J connectivity index is 1.80. The molecule has 160 valence electrons. The number of nitrogens with zero attached hydrogens (tertiary/aromatic N) is 2. The van der Waals surface area contributed by atoms with Crippen LogP contribution in [0.15, 0.2) is 55.1 Å². The molecule has 1 aliphatic rings. The first-order valence-corrected chi connectivity index (χ1v) is 11.1. The zero-order valence-electron chi connectivity index (χ0n) is 17.2. The number of anilines is 1. The number of aryl methyl sites for hydroxylation is 1. The van der Waals surface area contributed by atoms with Gasteiger partial charge in [-0.2, -0.15) is 5.10 Å². The van der Waals surface area contributed by atoms with E-state index in [1.54, 1.807) is 41.8 Å². The summed E-state index contributed by atoms with van der Waals surface area (Å²) in [6.07, 6.45) is 1.69. The fourth-order valence-electron chi connectivity index (χ4n) is 3.53. The van der Waals surface area contributed by atoms with E-state index in [2.05, 4.69) is 11.9 Å². The fourth-order valence-corrected chi connectivity index (χ4v) is 4.84. The summed E-state index contributed by atoms with van der Waals surface area (Å²) in [6.45, 7) is 6.03. The molecule has 0 bridgehead atoms. The highest BCUT2D eigenvalue weighted by Gasteiger charge is 2.31. The van der Waals surface area contributed by atoms with Crippen molar-refractivity contribution in [3.8, 4) is 17.2 Å². The molecule has 0 saturated carbocycles. The summed E-state index contributed by atoms with van der Waals surface area (Å²) in [4.78, 5) is 12.5. The Kier molecular flexibility index (Phi) is 6.25. The highest BCUT2D eigenvalue weighted by atomic mass is 35.5. The van der Waals surface area contributed by atoms with Crippen LogP contribution in [-0.2, 0) is 4.79 Å². The van der Waals surface area contributed by atoms with E-state index in [0.29, 0.717) is 34.7 Å². The Morgan fingerprint density at radius 2 is 2.06 bits per heavy atom. The molecule has 1 aliphatic heterocycles. The highest BCUT2D eigenvalue weighted by Crippen LogP contribution is 2.45. The second-order valence-electron chi connectivity index (χ2n) is 6.99. The number of aromatic nitrogens is 2. The molecule has 1 atom stereocenters. The average molecular weight is 456 g/mol. The quantitative estimate of drug-likeness (QED) is 0.518. The minimum atomic E-state index is -0.0997. The number of carbonyl (C=O) groups is 1. The van der Waals surface area contributed by atoms with Gasteiger partial charge in [-0.05, 0) is 48.9 Å². The predicted octanol–water partition coefficient (Wildman–Crippen LogP) is 5.18. The van der Waals surface area contributed by atoms with Crippen molar-refractivity contribution in [2.75, 3.05) is 24.8 Å². The number of thioether (sulfide) groups is 1. The number of benzene rings is 2. The SMILES string of the molecule is C=CCOc1ccc([C@H]2SCC(=O)Nc3c2c(C)nn3-c2ccc(Cl)cc2)cc1OC. The lowest BCUT2D eigenvalue weighted by Crippen LogP contribution is -2.15. The summed E-state index contributed by atoms with van der Waals surface area (Å²) in [5, 5.41) is 8.30. The van der Waals surface area contributed by atoms with Crippen molar-refractivity contribution in [2.45, 2.75) is 12.2 Å². The molecule has 1 amide bonds. The summed E-state index contributed by atoms with van der Waals surface area (Å²) in [7, 11) is 1.61. The van der Waals surface area contributed by atoms with Crippen LogP contribution in [0.5, 0.6) is 11.5 Å². The summed E-state index contributed by atoms with van der Waals surface area (Å²) in [5.41, 5.74) is 3.64. The van der Waals surface area contributed by atoms with Gasteiger partial charge in [0.15, 0.2) is 11.5 Å². The molecular weight excluding hydrogens is 434 g/mol. The van der Waals surface area contributed by atoms with Crippen LogP contribution < -0.4 is 14.8 Å². The van der Waals surface area contributed by atoms with Gasteiger partial charge in [0.25, 0.3) is 0 Å². The minimum absolute atomic E-state index is 0.0678. The van der Waals surface area contributed by atoms with Crippen molar-refractivity contribution in [1.82, 2.24) is 9.78 Å². The van der Waals surface area contributed by atoms with E-state index in [-0.39, 0.29) is 11.2 Å². The molecule has 8 heteroatoms. The number of ether oxygens (including phenoxy) is 2. The Morgan fingerprint density at radius 1 is 1.29 bits per heavy atom. The molecule has 0 radical (unpaired) electrons. The van der Waals surface area contributed by atoms with E-state index in [9.17, 15) is 4.79 Å². The standard InChI is InChI=1S/C23H22ClN3O3S/c1-4-11-30-18-10-5-15(12-19(18)29-3)22-21-14(2)26-27(17-8-6-16(24)7-9-17)23(21)25-20(28)13-31-22/h4-10,12,22H,1,11,13H2,2-3H3,(H,25,28)/t22-/m1/s1. The van der Waals surface area contributed by atoms with Crippen molar-refractivity contribution in [3.63, 3.8) is 0 Å². The zero-order valence-corrected chi connectivity index (χ0v) is 18.8. The monoisotopic (exact) mass is 455 g/mol. The number of nitrogens with one attached hydrogen (secondary N) is 1. The van der Waals surface area contributed by atoms with Gasteiger partial charge in [-0.25, -0.2) is 4.68 Å². The van der Waals surface area contributed by atoms with Gasteiger partial charge in [-0.1, -0.05) is 30.3 Å². The van der Waals surface area contributed by atoms with Crippen LogP contribution in [-0.4, -0.2) is 35.2 Å². The van der Waals surface area contributed by atoms with E-state index in [0.717, 1.165) is 22.5 Å². The van der Waals surface area contributed by atoms with E-state index in [1.165, 1.54) is 0 Å². The highest BCUT2D eigenvalue weighted by molar-refractivity contribution is 8.00. The van der Waals surface area contributed by atoms with Crippen molar-refractivity contribution in [2.24, 2.45) is 0 Å². The molecule has 2 aromatic carbocycles. The van der Waals surface area contributed by atoms with Crippen LogP contribution in [0.2, 0.25) is 5.02 Å². The Labute approximate surface area is 190 Å². The normalized spacial score (nSPS) is 15.6. The van der Waals surface area contributed by atoms with Crippen LogP contribution in [0.1, 0.15) is 22.1 Å². The molecule has 0 unspecified atom stereocenters. The average Bonchev–Trinajstić information content (AvgIpc) is 2.97. The Hall–Kier alpha value is -2.90. The molecule has 0 saturated heterocycles. The maximum atomic E-state index is 12.5. The maximum absolute atomic E-state index is 12.5. The van der Waals surface area contributed by atoms with Gasteiger partial charge in [-0.15, -0.1) is 11.8 Å². The molecule has 2 heterocycles. The molecule has 0 fully saturated rings. The van der Waals surface area contributed by atoms with E-state index >= 15 is 0 Å². The number of amides is 1. The first-order valence-electron chi connectivity index (χ1n) is 9.70. The summed E-state index contributed by atoms with van der Waals surface area (Å²) in [6, 6.07) is 13.2. The number of carbonyl (C=O) groups excluding carboxylic acids is 1. The zero-order chi connectivity index (χ0) is 22.0. The smallest absolute Gasteiger partial charge is 0.235 e. The van der Waals surface area contributed by atoms with E-state index in [1.807, 2.05) is 37.3 Å². The molecule has 0 spiro atoms. The lowest BCUT2D eigenvalue weighted by molar-refractivity contribution is -0.113. The number of fused-ring (bicyclic) bond motifs is 1. The Morgan fingerprint density at radius 3 is 2.77 bits per heavy atom. The molecule has 3 aromatic rings. The van der Waals surface area contributed by atoms with Crippen molar-refractivity contribution >= 4 is 35.1 Å². The van der Waals surface area contributed by atoms with Gasteiger partial charge in [0, 0.05) is 10.6 Å². The lowest BCUT2D eigenvalue weighted by Gasteiger charge is -2.18. The third-order valence-electron chi connectivity index (χ3n) is 4.93. The largest absolute Gasteiger partial charge is 0.493 e. The number of methoxy groups -OCH3 is 1. The first kappa shape index (κ1) is 21.3. The minimum Gasteiger partial charge on any atom is -0.493 e. The molecular formula is C23H22ClN3O3S. The molecule has 31 heavy (non-hydrogen) atoms. The van der Waals surface area contributed by atoms with Gasteiger partial charge in [-0.3, -0.25) is 4.79 Å². The van der Waals surface area contributed by atoms with Gasteiger partial charge in [0.2, 0.25) is 5.91 Å². The van der Waals surface area contributed by atoms with Crippen LogP contribution >= 0.6 is 23.4 Å². The number of hydrogen-bond donors (Lipinski definition) is 1. The van der Waals surface area contributed by atoms with E-state index in [4.69, 9.17) is 26.2 Å². The summed E-state index contributed by atoms with van der Waals surface area (Å²) >= 11 is 7.60. The van der Waals surface area contributed by atoms with Gasteiger partial charge >= 0.3 is 0 Å². The maximum Gasteiger partial charge on any atom is 0.235 e. The third kappa shape index (κ3) is 4.29. The summed E-state index contributed by atoms with van der Waals surface area (Å²) in [5.74, 6) is 2.21. The number of rotatable bonds is 6. The van der Waals surface area contributed by atoms with Crippen LogP contribution in [0.4, 0.5) is 5.82 Å². The predicted molar refractivity (Wildman–Crippen MR) is 125 cm³/mol. The molecule has 4 rings (SSSR count). The van der Waals surface area contributed by atoms with Crippen LogP contribution in [0.25, 0.3) is 5.69 Å². The van der Waals surface area contributed by atoms with Crippen molar-refractivity contribution in [1.29, 1.82) is 0 Å². The molecule has 1 aromatic heterocycles. The van der Waals surface area contributed by atoms with Gasteiger partial charge in [0.1, 0.15) is 12.4 Å². The van der Waals surface area contributed by atoms with Crippen molar-refractivity contribution < 1.29 is 14.3 Å². The van der Waals surface area contributed by atoms with Crippen molar-refractivity contribution in [3.05, 3.63) is 77.0 Å². The second kappa shape index (κ2) is 9.08. The molecule has 0 aliphatic carbocycles. The van der Waals surface area contributed by atoms with Crippen LogP contribution in [0, 0.1) is 6.92 Å². The fraction of sp³-hybridized carbons (Fsp3) is 0.217. The Bertz CT molecular complexity index is 1130. The number of hydrogen-bond acceptors (Lipinski definition) is 5. The third-order valence-corrected chi connectivity index (χ3v) is 6.45.